The largest absolute Gasteiger partial charge is 0.455 e. The molecule has 30 heavy (non-hydrogen) atoms. The van der Waals surface area contributed by atoms with Crippen LogP contribution in [-0.4, -0.2) is 15.7 Å². The van der Waals surface area contributed by atoms with Crippen molar-refractivity contribution in [3.63, 3.8) is 0 Å². The molecule has 5 rings (SSSR count). The molecule has 0 saturated heterocycles. The van der Waals surface area contributed by atoms with E-state index >= 15 is 0 Å². The van der Waals surface area contributed by atoms with Crippen LogP contribution in [0.5, 0.6) is 0 Å². The number of rotatable bonds is 4. The second-order valence-electron chi connectivity index (χ2n) is 9.54. The number of fused-ring (bicyclic) bond motifs is 5. The van der Waals surface area contributed by atoms with Crippen LogP contribution in [0.4, 0.5) is 0 Å². The van der Waals surface area contributed by atoms with Crippen molar-refractivity contribution in [2.24, 2.45) is 5.41 Å². The molecule has 2 aliphatic carbocycles. The van der Waals surface area contributed by atoms with Gasteiger partial charge in [0.25, 0.3) is 0 Å². The highest BCUT2D eigenvalue weighted by molar-refractivity contribution is 5.89. The Labute approximate surface area is 177 Å². The Balaban J connectivity index is 1.53. The van der Waals surface area contributed by atoms with E-state index in [2.05, 4.69) is 37.6 Å². The molecule has 0 aliphatic heterocycles. The molecule has 1 heterocycles. The summed E-state index contributed by atoms with van der Waals surface area (Å²) in [5.74, 6) is 0.148. The lowest BCUT2D eigenvalue weighted by Gasteiger charge is -2.35. The molecule has 2 aliphatic rings. The second kappa shape index (κ2) is 6.56. The number of hydrogen-bond donors (Lipinski definition) is 0. The van der Waals surface area contributed by atoms with Gasteiger partial charge in [0.15, 0.2) is 0 Å². The van der Waals surface area contributed by atoms with Crippen LogP contribution < -0.4 is 0 Å². The first kappa shape index (κ1) is 19.1. The highest BCUT2D eigenvalue weighted by Crippen LogP contribution is 2.68. The van der Waals surface area contributed by atoms with Crippen LogP contribution in [0.3, 0.4) is 0 Å². The number of para-hydroxylation sites is 1. The van der Waals surface area contributed by atoms with Gasteiger partial charge in [-0.3, -0.25) is 0 Å². The van der Waals surface area contributed by atoms with Gasteiger partial charge >= 0.3 is 5.97 Å². The number of carbonyl (C=O) groups excluding carboxylic acids is 1. The lowest BCUT2D eigenvalue weighted by Crippen LogP contribution is -2.33. The van der Waals surface area contributed by atoms with Gasteiger partial charge < -0.3 is 4.74 Å². The minimum absolute atomic E-state index is 0.0645. The monoisotopic (exact) mass is 400 g/mol. The van der Waals surface area contributed by atoms with E-state index in [0.717, 1.165) is 23.4 Å². The fourth-order valence-electron chi connectivity index (χ4n) is 5.57. The van der Waals surface area contributed by atoms with Gasteiger partial charge in [-0.15, -0.1) is 0 Å². The van der Waals surface area contributed by atoms with Gasteiger partial charge in [0, 0.05) is 11.0 Å². The van der Waals surface area contributed by atoms with Gasteiger partial charge in [-0.05, 0) is 55.4 Å². The van der Waals surface area contributed by atoms with Crippen molar-refractivity contribution < 1.29 is 9.53 Å². The highest BCUT2D eigenvalue weighted by atomic mass is 16.5. The minimum Gasteiger partial charge on any atom is -0.455 e. The maximum absolute atomic E-state index is 12.6. The fourth-order valence-corrected chi connectivity index (χ4v) is 5.57. The third kappa shape index (κ3) is 2.59. The highest BCUT2D eigenvalue weighted by Gasteiger charge is 2.62. The van der Waals surface area contributed by atoms with E-state index in [1.54, 1.807) is 0 Å². The molecule has 2 aromatic carbocycles. The zero-order valence-corrected chi connectivity index (χ0v) is 18.1. The maximum atomic E-state index is 12.6. The molecule has 4 nitrogen and oxygen atoms in total. The Hall–Kier alpha value is -2.88. The van der Waals surface area contributed by atoms with Crippen LogP contribution in [0, 0.1) is 12.3 Å². The second-order valence-corrected chi connectivity index (χ2v) is 9.54. The van der Waals surface area contributed by atoms with E-state index in [0.29, 0.717) is 11.5 Å². The lowest BCUT2D eigenvalue weighted by atomic mass is 9.70. The summed E-state index contributed by atoms with van der Waals surface area (Å²) in [5, 5.41) is 4.97. The number of hydrogen-bond acceptors (Lipinski definition) is 3. The molecule has 0 amide bonds. The predicted octanol–water partition coefficient (Wildman–Crippen LogP) is 5.71. The normalized spacial score (nSPS) is 23.4. The van der Waals surface area contributed by atoms with Gasteiger partial charge in [-0.25, -0.2) is 9.48 Å². The van der Waals surface area contributed by atoms with Crippen LogP contribution in [0.2, 0.25) is 0 Å². The van der Waals surface area contributed by atoms with E-state index in [4.69, 9.17) is 9.84 Å². The van der Waals surface area contributed by atoms with Crippen molar-refractivity contribution in [2.75, 3.05) is 0 Å². The summed E-state index contributed by atoms with van der Waals surface area (Å²) in [6, 6.07) is 17.8. The molecule has 4 heteroatoms. The molecule has 1 saturated carbocycles. The summed E-state index contributed by atoms with van der Waals surface area (Å²) in [6.07, 6.45) is 2.33. The number of ether oxygens (including phenoxy) is 1. The molecule has 2 unspecified atom stereocenters. The van der Waals surface area contributed by atoms with Crippen molar-refractivity contribution in [3.05, 3.63) is 82.7 Å². The van der Waals surface area contributed by atoms with E-state index in [1.807, 2.05) is 49.4 Å². The van der Waals surface area contributed by atoms with Gasteiger partial charge in [-0.2, -0.15) is 5.10 Å². The summed E-state index contributed by atoms with van der Waals surface area (Å²) in [6.45, 7) is 9.34. The molecule has 2 bridgehead atoms. The zero-order valence-electron chi connectivity index (χ0n) is 18.1. The fraction of sp³-hybridized carbons (Fsp3) is 0.385. The average Bonchev–Trinajstić information content (AvgIpc) is 3.29. The topological polar surface area (TPSA) is 44.1 Å². The zero-order chi connectivity index (χ0) is 21.1. The molecule has 0 spiro atoms. The van der Waals surface area contributed by atoms with Crippen molar-refractivity contribution in [3.8, 4) is 5.69 Å². The number of esters is 1. The first-order valence-corrected chi connectivity index (χ1v) is 10.7. The average molecular weight is 401 g/mol. The molecule has 2 atom stereocenters. The van der Waals surface area contributed by atoms with E-state index in [1.165, 1.54) is 17.7 Å². The number of aromatic nitrogens is 2. The Morgan fingerprint density at radius 1 is 1.10 bits per heavy atom. The van der Waals surface area contributed by atoms with Crippen LogP contribution in [0.1, 0.15) is 72.4 Å². The first-order chi connectivity index (χ1) is 14.3. The third-order valence-electron chi connectivity index (χ3n) is 7.72. The predicted molar refractivity (Wildman–Crippen MR) is 117 cm³/mol. The Morgan fingerprint density at radius 2 is 1.80 bits per heavy atom. The molecular formula is C26H28N2O2. The molecular weight excluding hydrogens is 372 g/mol. The minimum atomic E-state index is -0.299. The van der Waals surface area contributed by atoms with Gasteiger partial charge in [0.2, 0.25) is 0 Å². The molecule has 1 fully saturated rings. The Kier molecular flexibility index (Phi) is 4.18. The van der Waals surface area contributed by atoms with Gasteiger partial charge in [-0.1, -0.05) is 56.7 Å². The van der Waals surface area contributed by atoms with E-state index in [-0.39, 0.29) is 23.4 Å². The third-order valence-corrected chi connectivity index (χ3v) is 7.72. The smallest absolute Gasteiger partial charge is 0.338 e. The first-order valence-electron chi connectivity index (χ1n) is 10.7. The van der Waals surface area contributed by atoms with E-state index in [9.17, 15) is 4.79 Å². The Morgan fingerprint density at radius 3 is 2.50 bits per heavy atom. The van der Waals surface area contributed by atoms with E-state index < -0.39 is 0 Å². The van der Waals surface area contributed by atoms with Gasteiger partial charge in [0.1, 0.15) is 12.3 Å². The summed E-state index contributed by atoms with van der Waals surface area (Å²) < 4.78 is 7.82. The number of carbonyl (C=O) groups is 1. The number of aryl methyl sites for hydroxylation is 1. The van der Waals surface area contributed by atoms with Crippen LogP contribution >= 0.6 is 0 Å². The SMILES string of the molecule is Cc1ccc(C(=O)OCc2nn(-c3ccccc3)c3c2C2CCC3(C)C2(C)C)cc1. The summed E-state index contributed by atoms with van der Waals surface area (Å²) in [4.78, 5) is 12.6. The summed E-state index contributed by atoms with van der Waals surface area (Å²) in [7, 11) is 0. The molecule has 0 radical (unpaired) electrons. The summed E-state index contributed by atoms with van der Waals surface area (Å²) >= 11 is 0. The number of benzene rings is 2. The number of nitrogens with zero attached hydrogens (tertiary/aromatic N) is 2. The van der Waals surface area contributed by atoms with Crippen LogP contribution in [-0.2, 0) is 16.8 Å². The standard InChI is InChI=1S/C26H28N2O2/c1-17-10-12-18(13-11-17)24(29)30-16-21-22-20-14-15-26(4,25(20,2)3)23(22)28(27-21)19-8-6-5-7-9-19/h5-13,20H,14-16H2,1-4H3. The maximum Gasteiger partial charge on any atom is 0.338 e. The van der Waals surface area contributed by atoms with Crippen LogP contribution in [0.25, 0.3) is 5.69 Å². The lowest BCUT2D eigenvalue weighted by molar-refractivity contribution is 0.0465. The van der Waals surface area contributed by atoms with Crippen molar-refractivity contribution in [2.45, 2.75) is 58.5 Å². The molecule has 0 N–H and O–H groups in total. The summed E-state index contributed by atoms with van der Waals surface area (Å²) in [5.41, 5.74) is 6.49. The Bertz CT molecular complexity index is 1110. The van der Waals surface area contributed by atoms with Crippen LogP contribution in [0.15, 0.2) is 54.6 Å². The molecule has 154 valence electrons. The molecule has 3 aromatic rings. The van der Waals surface area contributed by atoms with Crippen molar-refractivity contribution >= 4 is 5.97 Å². The quantitative estimate of drug-likeness (QED) is 0.527. The molecule has 1 aromatic heterocycles. The van der Waals surface area contributed by atoms with Crippen molar-refractivity contribution in [1.29, 1.82) is 0 Å². The van der Waals surface area contributed by atoms with Crippen molar-refractivity contribution in [1.82, 2.24) is 9.78 Å². The van der Waals surface area contributed by atoms with Gasteiger partial charge in [0.05, 0.1) is 16.9 Å².